The van der Waals surface area contributed by atoms with Crippen LogP contribution in [0.4, 0.5) is 0 Å². The molecule has 1 rings (SSSR count). The molecule has 3 N–H and O–H groups in total. The molecule has 0 radical (unpaired) electrons. The molecule has 0 aromatic heterocycles. The highest BCUT2D eigenvalue weighted by Gasteiger charge is 2.25. The summed E-state index contributed by atoms with van der Waals surface area (Å²) in [7, 11) is 0. The Morgan fingerprint density at radius 2 is 2.00 bits per heavy atom. The third-order valence-electron chi connectivity index (χ3n) is 2.43. The largest absolute Gasteiger partial charge is 0.480 e. The molecular weight excluding hydrogens is 293 g/mol. The molecule has 0 heterocycles. The van der Waals surface area contributed by atoms with Crippen LogP contribution >= 0.6 is 23.2 Å². The molecule has 1 aromatic carbocycles. The summed E-state index contributed by atoms with van der Waals surface area (Å²) < 4.78 is 0. The second-order valence-electron chi connectivity index (χ2n) is 4.04. The molecule has 1 amide bonds. The molecule has 0 aliphatic heterocycles. The summed E-state index contributed by atoms with van der Waals surface area (Å²) in [4.78, 5) is 22.5. The van der Waals surface area contributed by atoms with Gasteiger partial charge in [0, 0.05) is 10.0 Å². The molecule has 2 atom stereocenters. The van der Waals surface area contributed by atoms with E-state index in [-0.39, 0.29) is 6.42 Å². The highest BCUT2D eigenvalue weighted by atomic mass is 35.5. The second-order valence-corrected chi connectivity index (χ2v) is 4.88. The van der Waals surface area contributed by atoms with E-state index in [0.717, 1.165) is 0 Å². The van der Waals surface area contributed by atoms with Crippen molar-refractivity contribution in [3.8, 4) is 0 Å². The standard InChI is InChI=1S/C12H13Cl2NO4/c1-6(16)11(12(18)19)15-10(17)4-7-2-3-8(13)5-9(7)14/h2-3,5-6,11,16H,4H2,1H3,(H,15,17)(H,18,19)/t6-,11+/m1/s1. The number of halogens is 2. The molecule has 5 nitrogen and oxygen atoms in total. The van der Waals surface area contributed by atoms with Gasteiger partial charge in [0.25, 0.3) is 0 Å². The molecule has 0 bridgehead atoms. The summed E-state index contributed by atoms with van der Waals surface area (Å²) in [5.41, 5.74) is 0.526. The van der Waals surface area contributed by atoms with Crippen LogP contribution in [0.2, 0.25) is 10.0 Å². The van der Waals surface area contributed by atoms with Crippen LogP contribution in [0.5, 0.6) is 0 Å². The van der Waals surface area contributed by atoms with Gasteiger partial charge in [-0.2, -0.15) is 0 Å². The number of aliphatic hydroxyl groups is 1. The van der Waals surface area contributed by atoms with Gasteiger partial charge in [-0.1, -0.05) is 29.3 Å². The van der Waals surface area contributed by atoms with Gasteiger partial charge in [-0.05, 0) is 24.6 Å². The fourth-order valence-corrected chi connectivity index (χ4v) is 1.93. The molecule has 0 aliphatic carbocycles. The average Bonchev–Trinajstić information content (AvgIpc) is 2.29. The first-order valence-electron chi connectivity index (χ1n) is 5.45. The average molecular weight is 306 g/mol. The van der Waals surface area contributed by atoms with E-state index < -0.39 is 24.0 Å². The minimum atomic E-state index is -1.35. The summed E-state index contributed by atoms with van der Waals surface area (Å²) in [6.07, 6.45) is -1.28. The zero-order chi connectivity index (χ0) is 14.6. The monoisotopic (exact) mass is 305 g/mol. The molecule has 104 valence electrons. The van der Waals surface area contributed by atoms with Gasteiger partial charge in [0.15, 0.2) is 6.04 Å². The Bertz CT molecular complexity index is 491. The molecule has 0 unspecified atom stereocenters. The lowest BCUT2D eigenvalue weighted by Gasteiger charge is -2.17. The quantitative estimate of drug-likeness (QED) is 0.769. The highest BCUT2D eigenvalue weighted by molar-refractivity contribution is 6.35. The van der Waals surface area contributed by atoms with Crippen molar-refractivity contribution in [2.45, 2.75) is 25.5 Å². The number of rotatable bonds is 5. The van der Waals surface area contributed by atoms with Gasteiger partial charge in [-0.3, -0.25) is 4.79 Å². The first kappa shape index (κ1) is 15.8. The van der Waals surface area contributed by atoms with Crippen LogP contribution in [0.1, 0.15) is 12.5 Å². The number of aliphatic carboxylic acids is 1. The summed E-state index contributed by atoms with van der Waals surface area (Å²) >= 11 is 11.6. The van der Waals surface area contributed by atoms with E-state index in [1.807, 2.05) is 0 Å². The van der Waals surface area contributed by atoms with Gasteiger partial charge in [-0.25, -0.2) is 4.79 Å². The van der Waals surface area contributed by atoms with E-state index in [1.165, 1.54) is 13.0 Å². The van der Waals surface area contributed by atoms with Crippen molar-refractivity contribution >= 4 is 35.1 Å². The topological polar surface area (TPSA) is 86.6 Å². The predicted molar refractivity (Wildman–Crippen MR) is 71.4 cm³/mol. The maximum Gasteiger partial charge on any atom is 0.328 e. The first-order chi connectivity index (χ1) is 8.81. The fourth-order valence-electron chi connectivity index (χ4n) is 1.45. The number of benzene rings is 1. The number of carboxylic acid groups (broad SMARTS) is 1. The van der Waals surface area contributed by atoms with Crippen LogP contribution in [-0.2, 0) is 16.0 Å². The van der Waals surface area contributed by atoms with Crippen molar-refractivity contribution in [3.63, 3.8) is 0 Å². The third-order valence-corrected chi connectivity index (χ3v) is 3.02. The number of hydrogen-bond donors (Lipinski definition) is 3. The van der Waals surface area contributed by atoms with Crippen LogP contribution in [0.25, 0.3) is 0 Å². The fraction of sp³-hybridized carbons (Fsp3) is 0.333. The van der Waals surface area contributed by atoms with Crippen molar-refractivity contribution in [2.24, 2.45) is 0 Å². The van der Waals surface area contributed by atoms with Gasteiger partial charge in [0.2, 0.25) is 5.91 Å². The summed E-state index contributed by atoms with van der Waals surface area (Å²) in [5.74, 6) is -1.84. The Balaban J connectivity index is 2.72. The van der Waals surface area contributed by atoms with Gasteiger partial charge < -0.3 is 15.5 Å². The zero-order valence-corrected chi connectivity index (χ0v) is 11.6. The van der Waals surface area contributed by atoms with E-state index in [9.17, 15) is 14.7 Å². The van der Waals surface area contributed by atoms with Crippen molar-refractivity contribution in [1.29, 1.82) is 0 Å². The number of carbonyl (C=O) groups is 2. The zero-order valence-electron chi connectivity index (χ0n) is 10.1. The predicted octanol–water partition coefficient (Wildman–Crippen LogP) is 1.49. The minimum Gasteiger partial charge on any atom is -0.480 e. The second kappa shape index (κ2) is 6.75. The molecule has 0 fully saturated rings. The van der Waals surface area contributed by atoms with Crippen LogP contribution in [0, 0.1) is 0 Å². The Morgan fingerprint density at radius 3 is 2.47 bits per heavy atom. The number of carbonyl (C=O) groups excluding carboxylic acids is 1. The van der Waals surface area contributed by atoms with Gasteiger partial charge in [-0.15, -0.1) is 0 Å². The Hall–Kier alpha value is -1.30. The van der Waals surface area contributed by atoms with E-state index in [2.05, 4.69) is 5.32 Å². The lowest BCUT2D eigenvalue weighted by atomic mass is 10.1. The Morgan fingerprint density at radius 1 is 1.37 bits per heavy atom. The van der Waals surface area contributed by atoms with E-state index in [0.29, 0.717) is 15.6 Å². The van der Waals surface area contributed by atoms with Crippen molar-refractivity contribution in [3.05, 3.63) is 33.8 Å². The maximum absolute atomic E-state index is 11.7. The molecule has 0 aliphatic rings. The number of hydrogen-bond acceptors (Lipinski definition) is 3. The van der Waals surface area contributed by atoms with E-state index in [4.69, 9.17) is 28.3 Å². The normalized spacial score (nSPS) is 13.7. The van der Waals surface area contributed by atoms with Crippen LogP contribution in [0.15, 0.2) is 18.2 Å². The lowest BCUT2D eigenvalue weighted by Crippen LogP contribution is -2.48. The Kier molecular flexibility index (Phi) is 5.60. The maximum atomic E-state index is 11.7. The first-order valence-corrected chi connectivity index (χ1v) is 6.21. The molecule has 1 aromatic rings. The number of aliphatic hydroxyl groups excluding tert-OH is 1. The van der Waals surface area contributed by atoms with E-state index >= 15 is 0 Å². The molecule has 0 spiro atoms. The lowest BCUT2D eigenvalue weighted by molar-refractivity contribution is -0.144. The summed E-state index contributed by atoms with van der Waals surface area (Å²) in [6.45, 7) is 1.29. The van der Waals surface area contributed by atoms with E-state index in [1.54, 1.807) is 12.1 Å². The SMILES string of the molecule is C[C@@H](O)[C@H](NC(=O)Cc1ccc(Cl)cc1Cl)C(=O)O. The summed E-state index contributed by atoms with van der Waals surface area (Å²) in [5, 5.41) is 21.1. The smallest absolute Gasteiger partial charge is 0.328 e. The van der Waals surface area contributed by atoms with Crippen LogP contribution in [0.3, 0.4) is 0 Å². The highest BCUT2D eigenvalue weighted by Crippen LogP contribution is 2.21. The molecule has 0 saturated heterocycles. The minimum absolute atomic E-state index is 0.0908. The molecular formula is C12H13Cl2NO4. The Labute approximate surface area is 120 Å². The van der Waals surface area contributed by atoms with Gasteiger partial charge in [0.1, 0.15) is 0 Å². The molecule has 0 saturated carbocycles. The molecule has 19 heavy (non-hydrogen) atoms. The van der Waals surface area contributed by atoms with Gasteiger partial charge in [0.05, 0.1) is 12.5 Å². The van der Waals surface area contributed by atoms with Crippen molar-refractivity contribution < 1.29 is 19.8 Å². The van der Waals surface area contributed by atoms with Gasteiger partial charge >= 0.3 is 5.97 Å². The van der Waals surface area contributed by atoms with Crippen LogP contribution in [-0.4, -0.2) is 34.2 Å². The van der Waals surface area contributed by atoms with Crippen LogP contribution < -0.4 is 5.32 Å². The van der Waals surface area contributed by atoms with Crippen molar-refractivity contribution in [1.82, 2.24) is 5.32 Å². The number of amides is 1. The van der Waals surface area contributed by atoms with Crippen molar-refractivity contribution in [2.75, 3.05) is 0 Å². The number of carboxylic acids is 1. The summed E-state index contributed by atoms with van der Waals surface area (Å²) in [6, 6.07) is 3.32. The third kappa shape index (κ3) is 4.70. The molecule has 7 heteroatoms. The number of nitrogens with one attached hydrogen (secondary N) is 1.